The van der Waals surface area contributed by atoms with Gasteiger partial charge in [-0.05, 0) is 98.9 Å². The number of aryl methyl sites for hydroxylation is 8. The molecule has 0 heterocycles. The van der Waals surface area contributed by atoms with E-state index in [0.29, 0.717) is 0 Å². The third-order valence-corrected chi connectivity index (χ3v) is 16.3. The Hall–Kier alpha value is -2.69. The Bertz CT molecular complexity index is 1360. The zero-order valence-electron chi connectivity index (χ0n) is 25.3. The largest absolute Gasteiger partial charge is 0.112 e. The van der Waals surface area contributed by atoms with Crippen molar-refractivity contribution >= 4 is 36.9 Å². The maximum Gasteiger partial charge on any atom is 0.112 e. The van der Waals surface area contributed by atoms with Gasteiger partial charge in [0.05, 0.1) is 0 Å². The lowest BCUT2D eigenvalue weighted by Crippen LogP contribution is -2.53. The standard InChI is InChI=1S/C36H46Si2/c1-25-11-17-33(21-29(25)5)37(7,8)35-19-13-27(3)31(23-35)15-16-32-24-36(20-14-28(32)4)38(9,10)34-18-12-26(2)30(6)22-34/h11-14,17-24H,15-16H2,1-10H3. The number of benzene rings is 4. The van der Waals surface area contributed by atoms with Gasteiger partial charge in [0.1, 0.15) is 16.1 Å². The predicted molar refractivity (Wildman–Crippen MR) is 175 cm³/mol. The van der Waals surface area contributed by atoms with E-state index in [1.165, 1.54) is 65.3 Å². The summed E-state index contributed by atoms with van der Waals surface area (Å²) in [5, 5.41) is 6.13. The van der Waals surface area contributed by atoms with Crippen molar-refractivity contribution < 1.29 is 0 Å². The average molecular weight is 535 g/mol. The molecule has 198 valence electrons. The molecule has 0 bridgehead atoms. The molecular formula is C36H46Si2. The summed E-state index contributed by atoms with van der Waals surface area (Å²) in [6.45, 7) is 23.5. The van der Waals surface area contributed by atoms with E-state index in [9.17, 15) is 0 Å². The van der Waals surface area contributed by atoms with E-state index in [0.717, 1.165) is 12.8 Å². The summed E-state index contributed by atoms with van der Waals surface area (Å²) < 4.78 is 0. The lowest BCUT2D eigenvalue weighted by molar-refractivity contribution is 0.941. The Morgan fingerprint density at radius 2 is 0.658 bits per heavy atom. The molecule has 2 heteroatoms. The van der Waals surface area contributed by atoms with Gasteiger partial charge in [0.25, 0.3) is 0 Å². The van der Waals surface area contributed by atoms with Gasteiger partial charge in [-0.3, -0.25) is 0 Å². The second-order valence-electron chi connectivity index (χ2n) is 12.6. The molecule has 0 amide bonds. The van der Waals surface area contributed by atoms with Gasteiger partial charge in [0.2, 0.25) is 0 Å². The van der Waals surface area contributed by atoms with Crippen molar-refractivity contribution in [3.8, 4) is 0 Å². The molecule has 0 aliphatic heterocycles. The van der Waals surface area contributed by atoms with Crippen molar-refractivity contribution in [3.63, 3.8) is 0 Å². The minimum Gasteiger partial charge on any atom is -0.0623 e. The summed E-state index contributed by atoms with van der Waals surface area (Å²) >= 11 is 0. The van der Waals surface area contributed by atoms with Crippen LogP contribution in [0.1, 0.15) is 44.5 Å². The Labute approximate surface area is 234 Å². The number of hydrogen-bond acceptors (Lipinski definition) is 0. The second-order valence-corrected chi connectivity index (χ2v) is 21.4. The zero-order valence-corrected chi connectivity index (χ0v) is 27.3. The van der Waals surface area contributed by atoms with Crippen LogP contribution in [0.5, 0.6) is 0 Å². The topological polar surface area (TPSA) is 0 Å². The number of hydrogen-bond donors (Lipinski definition) is 0. The van der Waals surface area contributed by atoms with Crippen LogP contribution in [0.25, 0.3) is 0 Å². The normalized spacial score (nSPS) is 12.2. The van der Waals surface area contributed by atoms with Crippen LogP contribution in [0.4, 0.5) is 0 Å². The van der Waals surface area contributed by atoms with E-state index < -0.39 is 16.1 Å². The Balaban J connectivity index is 1.61. The molecule has 0 nitrogen and oxygen atoms in total. The zero-order chi connectivity index (χ0) is 27.8. The molecule has 0 unspecified atom stereocenters. The fourth-order valence-corrected chi connectivity index (χ4v) is 10.4. The lowest BCUT2D eigenvalue weighted by Gasteiger charge is -2.26. The monoisotopic (exact) mass is 534 g/mol. The first kappa shape index (κ1) is 28.3. The number of rotatable bonds is 7. The predicted octanol–water partition coefficient (Wildman–Crippen LogP) is 6.97. The molecule has 0 spiro atoms. The van der Waals surface area contributed by atoms with Crippen LogP contribution in [-0.4, -0.2) is 16.1 Å². The van der Waals surface area contributed by atoms with Gasteiger partial charge in [0, 0.05) is 0 Å². The maximum atomic E-state index is 2.53. The van der Waals surface area contributed by atoms with E-state index in [4.69, 9.17) is 0 Å². The van der Waals surface area contributed by atoms with E-state index in [2.05, 4.69) is 141 Å². The lowest BCUT2D eigenvalue weighted by atomic mass is 9.98. The molecule has 4 aromatic rings. The second kappa shape index (κ2) is 10.8. The molecule has 0 aromatic heterocycles. The van der Waals surface area contributed by atoms with Gasteiger partial charge in [-0.2, -0.15) is 0 Å². The molecule has 0 saturated heterocycles. The first-order valence-corrected chi connectivity index (χ1v) is 20.2. The summed E-state index contributed by atoms with van der Waals surface area (Å²) in [4.78, 5) is 0. The van der Waals surface area contributed by atoms with Gasteiger partial charge in [-0.1, -0.05) is 120 Å². The Kier molecular flexibility index (Phi) is 8.07. The highest BCUT2D eigenvalue weighted by atomic mass is 28.3. The van der Waals surface area contributed by atoms with Crippen LogP contribution in [0, 0.1) is 41.5 Å². The van der Waals surface area contributed by atoms with Crippen molar-refractivity contribution in [1.82, 2.24) is 0 Å². The summed E-state index contributed by atoms with van der Waals surface area (Å²) in [7, 11) is -3.52. The molecule has 0 N–H and O–H groups in total. The van der Waals surface area contributed by atoms with Crippen LogP contribution in [0.3, 0.4) is 0 Å². The van der Waals surface area contributed by atoms with Gasteiger partial charge in [0.15, 0.2) is 0 Å². The van der Waals surface area contributed by atoms with Gasteiger partial charge in [-0.25, -0.2) is 0 Å². The smallest absolute Gasteiger partial charge is 0.0623 e. The molecule has 38 heavy (non-hydrogen) atoms. The highest BCUT2D eigenvalue weighted by molar-refractivity contribution is 7.01. The molecule has 4 aromatic carbocycles. The van der Waals surface area contributed by atoms with Crippen molar-refractivity contribution in [2.24, 2.45) is 0 Å². The van der Waals surface area contributed by atoms with Crippen molar-refractivity contribution in [2.75, 3.05) is 0 Å². The molecule has 0 fully saturated rings. The summed E-state index contributed by atoms with van der Waals surface area (Å²) in [6.07, 6.45) is 2.18. The van der Waals surface area contributed by atoms with Gasteiger partial charge in [-0.15, -0.1) is 0 Å². The van der Waals surface area contributed by atoms with Crippen LogP contribution < -0.4 is 20.7 Å². The summed E-state index contributed by atoms with van der Waals surface area (Å²) in [5.41, 5.74) is 11.4. The Morgan fingerprint density at radius 3 is 0.974 bits per heavy atom. The first-order valence-electron chi connectivity index (χ1n) is 14.2. The third-order valence-electron chi connectivity index (χ3n) is 9.26. The summed E-state index contributed by atoms with van der Waals surface area (Å²) in [5.74, 6) is 0. The molecule has 0 aliphatic rings. The van der Waals surface area contributed by atoms with E-state index >= 15 is 0 Å². The molecule has 0 atom stereocenters. The Morgan fingerprint density at radius 1 is 0.368 bits per heavy atom. The fraction of sp³-hybridized carbons (Fsp3) is 0.333. The van der Waals surface area contributed by atoms with Crippen molar-refractivity contribution in [3.05, 3.63) is 117 Å². The van der Waals surface area contributed by atoms with E-state index in [1.807, 2.05) is 0 Å². The molecule has 0 aliphatic carbocycles. The SMILES string of the molecule is Cc1ccc([Si](C)(C)c2ccc(C)c(CCc3cc([Si](C)(C)c4ccc(C)c(C)c4)ccc3C)c2)cc1C. The van der Waals surface area contributed by atoms with Crippen molar-refractivity contribution in [1.29, 1.82) is 0 Å². The first-order chi connectivity index (χ1) is 17.8. The minimum atomic E-state index is -1.76. The van der Waals surface area contributed by atoms with E-state index in [1.54, 1.807) is 0 Å². The van der Waals surface area contributed by atoms with Crippen LogP contribution >= 0.6 is 0 Å². The van der Waals surface area contributed by atoms with E-state index in [-0.39, 0.29) is 0 Å². The van der Waals surface area contributed by atoms with Crippen LogP contribution in [0.2, 0.25) is 26.2 Å². The maximum absolute atomic E-state index is 2.53. The molecule has 0 saturated carbocycles. The van der Waals surface area contributed by atoms with Crippen molar-refractivity contribution in [2.45, 2.75) is 80.6 Å². The van der Waals surface area contributed by atoms with Crippen LogP contribution in [-0.2, 0) is 12.8 Å². The molecule has 0 radical (unpaired) electrons. The third kappa shape index (κ3) is 5.67. The van der Waals surface area contributed by atoms with Crippen LogP contribution in [0.15, 0.2) is 72.8 Å². The fourth-order valence-electron chi connectivity index (χ4n) is 5.52. The highest BCUT2D eigenvalue weighted by Crippen LogP contribution is 2.18. The van der Waals surface area contributed by atoms with Gasteiger partial charge < -0.3 is 0 Å². The summed E-state index contributed by atoms with van der Waals surface area (Å²) in [6, 6.07) is 28.8. The molecule has 4 rings (SSSR count). The quantitative estimate of drug-likeness (QED) is 0.225. The minimum absolute atomic E-state index is 1.09. The van der Waals surface area contributed by atoms with Gasteiger partial charge >= 0.3 is 0 Å². The highest BCUT2D eigenvalue weighted by Gasteiger charge is 2.28. The average Bonchev–Trinajstić information content (AvgIpc) is 2.87. The molecular weight excluding hydrogens is 489 g/mol.